The van der Waals surface area contributed by atoms with E-state index in [1.165, 1.54) is 5.69 Å². The number of hydrogen-bond donors (Lipinski definition) is 1. The molecule has 1 rings (SSSR count). The van der Waals surface area contributed by atoms with Gasteiger partial charge in [-0.1, -0.05) is 0 Å². The quantitative estimate of drug-likeness (QED) is 0.750. The van der Waals surface area contributed by atoms with Crippen molar-refractivity contribution in [2.45, 2.75) is 6.92 Å². The van der Waals surface area contributed by atoms with Crippen LogP contribution in [0.25, 0.3) is 0 Å². The van der Waals surface area contributed by atoms with Crippen molar-refractivity contribution >= 4 is 9.72 Å². The number of anilines is 1. The Bertz CT molecular complexity index is 193. The maximum absolute atomic E-state index is 3.22. The molecule has 0 heterocycles. The van der Waals surface area contributed by atoms with Gasteiger partial charge in [-0.2, -0.15) is 0 Å². The average Bonchev–Trinajstić information content (AvgIpc) is 1.95. The molecule has 0 saturated heterocycles. The Kier molecular flexibility index (Phi) is 2.92. The zero-order valence-corrected chi connectivity index (χ0v) is 7.39. The summed E-state index contributed by atoms with van der Waals surface area (Å²) in [5.74, 6) is 0. The fraction of sp³-hybridized carbons (Fsp3) is 0.250. The van der Waals surface area contributed by atoms with Crippen LogP contribution >= 0.6 is 0 Å². The molecular formula is C8H10NPd. The third-order valence-electron chi connectivity index (χ3n) is 1.20. The van der Waals surface area contributed by atoms with Gasteiger partial charge < -0.3 is 0 Å². The van der Waals surface area contributed by atoms with E-state index < -0.39 is 0 Å². The van der Waals surface area contributed by atoms with Crippen LogP contribution in [0.3, 0.4) is 0 Å². The second-order valence-electron chi connectivity index (χ2n) is 2.00. The number of benzene rings is 1. The first-order chi connectivity index (χ1) is 4.83. The van der Waals surface area contributed by atoms with E-state index in [4.69, 9.17) is 0 Å². The number of rotatable bonds is 2. The Labute approximate surface area is 72.2 Å². The molecule has 0 unspecified atom stereocenters. The monoisotopic (exact) mass is 226 g/mol. The topological polar surface area (TPSA) is 12.0 Å². The molecular weight excluding hydrogens is 217 g/mol. The molecule has 1 nitrogen and oxygen atoms in total. The molecule has 0 radical (unpaired) electrons. The molecule has 0 aliphatic heterocycles. The molecule has 0 amide bonds. The van der Waals surface area contributed by atoms with Crippen LogP contribution in [0.2, 0.25) is 0 Å². The zero-order chi connectivity index (χ0) is 7.40. The van der Waals surface area contributed by atoms with Crippen LogP contribution in [-0.2, 0) is 19.2 Å². The molecule has 1 N–H and O–H groups in total. The average molecular weight is 227 g/mol. The van der Waals surface area contributed by atoms with Gasteiger partial charge in [-0.3, -0.25) is 0 Å². The minimum absolute atomic E-state index is 0.977. The van der Waals surface area contributed by atoms with Crippen LogP contribution in [-0.4, -0.2) is 6.54 Å². The van der Waals surface area contributed by atoms with Crippen molar-refractivity contribution in [3.8, 4) is 0 Å². The Morgan fingerprint density at radius 3 is 2.40 bits per heavy atom. The van der Waals surface area contributed by atoms with Gasteiger partial charge in [0.2, 0.25) is 0 Å². The van der Waals surface area contributed by atoms with Crippen molar-refractivity contribution in [1.82, 2.24) is 0 Å². The molecule has 1 aromatic rings. The SMILES string of the molecule is CCNc1cc[c]([Pd])cc1. The van der Waals surface area contributed by atoms with E-state index in [1.54, 1.807) is 0 Å². The van der Waals surface area contributed by atoms with E-state index in [9.17, 15) is 0 Å². The second kappa shape index (κ2) is 3.75. The molecule has 10 heavy (non-hydrogen) atoms. The van der Waals surface area contributed by atoms with E-state index in [0.717, 1.165) is 10.6 Å². The van der Waals surface area contributed by atoms with Crippen molar-refractivity contribution in [1.29, 1.82) is 0 Å². The summed E-state index contributed by atoms with van der Waals surface area (Å²) in [7, 11) is 0. The normalized spacial score (nSPS) is 9.50. The van der Waals surface area contributed by atoms with Crippen LogP contribution in [0.15, 0.2) is 24.3 Å². The summed E-state index contributed by atoms with van der Waals surface area (Å²) >= 11 is 3.11. The first kappa shape index (κ1) is 7.79. The zero-order valence-electron chi connectivity index (χ0n) is 5.83. The van der Waals surface area contributed by atoms with Gasteiger partial charge in [0.25, 0.3) is 0 Å². The standard InChI is InChI=1S/C8H10N.Pd/c1-2-9-8-6-4-3-5-7-8;/h4-7,9H,2H2,1H3;. The van der Waals surface area contributed by atoms with Crippen LogP contribution in [0.5, 0.6) is 0 Å². The third-order valence-corrected chi connectivity index (χ3v) is 1.72. The molecule has 0 fully saturated rings. The van der Waals surface area contributed by atoms with Gasteiger partial charge in [-0.25, -0.2) is 0 Å². The van der Waals surface area contributed by atoms with Crippen LogP contribution < -0.4 is 9.35 Å². The molecule has 0 atom stereocenters. The van der Waals surface area contributed by atoms with E-state index in [2.05, 4.69) is 43.6 Å². The van der Waals surface area contributed by atoms with Gasteiger partial charge in [0.1, 0.15) is 0 Å². The first-order valence-electron chi connectivity index (χ1n) is 3.29. The van der Waals surface area contributed by atoms with Crippen molar-refractivity contribution in [3.05, 3.63) is 24.3 Å². The molecule has 0 aliphatic carbocycles. The van der Waals surface area contributed by atoms with Crippen molar-refractivity contribution in [2.24, 2.45) is 0 Å². The van der Waals surface area contributed by atoms with Crippen molar-refractivity contribution in [3.63, 3.8) is 0 Å². The second-order valence-corrected chi connectivity index (χ2v) is 2.90. The molecule has 2 heteroatoms. The van der Waals surface area contributed by atoms with Gasteiger partial charge in [-0.15, -0.1) is 0 Å². The van der Waals surface area contributed by atoms with Gasteiger partial charge in [0.05, 0.1) is 0 Å². The summed E-state index contributed by atoms with van der Waals surface area (Å²) in [6.45, 7) is 3.06. The number of hydrogen-bond acceptors (Lipinski definition) is 1. The van der Waals surface area contributed by atoms with E-state index in [1.807, 2.05) is 12.1 Å². The Morgan fingerprint density at radius 1 is 1.30 bits per heavy atom. The van der Waals surface area contributed by atoms with Gasteiger partial charge in [-0.05, 0) is 0 Å². The van der Waals surface area contributed by atoms with E-state index in [0.29, 0.717) is 0 Å². The molecule has 0 bridgehead atoms. The molecule has 0 saturated carbocycles. The first-order valence-corrected chi connectivity index (χ1v) is 4.07. The Hall–Kier alpha value is -0.318. The molecule has 57 valence electrons. The van der Waals surface area contributed by atoms with Gasteiger partial charge in [0, 0.05) is 0 Å². The molecule has 0 aromatic heterocycles. The Balaban J connectivity index is 2.69. The fourth-order valence-electron chi connectivity index (χ4n) is 0.762. The molecule has 1 aromatic carbocycles. The maximum atomic E-state index is 3.22. The predicted octanol–water partition coefficient (Wildman–Crippen LogP) is 1.29. The summed E-state index contributed by atoms with van der Waals surface area (Å²) in [4.78, 5) is 0. The molecule has 0 spiro atoms. The van der Waals surface area contributed by atoms with Crippen molar-refractivity contribution in [2.75, 3.05) is 11.9 Å². The van der Waals surface area contributed by atoms with Gasteiger partial charge in [0.15, 0.2) is 0 Å². The minimum atomic E-state index is 0.977. The molecule has 0 aliphatic rings. The van der Waals surface area contributed by atoms with E-state index in [-0.39, 0.29) is 0 Å². The predicted molar refractivity (Wildman–Crippen MR) is 40.2 cm³/mol. The fourth-order valence-corrected chi connectivity index (χ4v) is 1.02. The van der Waals surface area contributed by atoms with Crippen LogP contribution in [0.4, 0.5) is 5.69 Å². The third kappa shape index (κ3) is 2.13. The summed E-state index contributed by atoms with van der Waals surface area (Å²) < 4.78 is 1.16. The van der Waals surface area contributed by atoms with Crippen LogP contribution in [0.1, 0.15) is 6.92 Å². The Morgan fingerprint density at radius 2 is 1.90 bits per heavy atom. The van der Waals surface area contributed by atoms with Crippen LogP contribution in [0, 0.1) is 0 Å². The van der Waals surface area contributed by atoms with E-state index >= 15 is 0 Å². The van der Waals surface area contributed by atoms with Crippen molar-refractivity contribution < 1.29 is 19.2 Å². The van der Waals surface area contributed by atoms with Gasteiger partial charge >= 0.3 is 72.0 Å². The summed E-state index contributed by atoms with van der Waals surface area (Å²) in [5, 5.41) is 3.22. The number of nitrogens with one attached hydrogen (secondary N) is 1. The summed E-state index contributed by atoms with van der Waals surface area (Å²) in [5.41, 5.74) is 1.18. The summed E-state index contributed by atoms with van der Waals surface area (Å²) in [6, 6.07) is 8.20. The summed E-state index contributed by atoms with van der Waals surface area (Å²) in [6.07, 6.45) is 0.